The van der Waals surface area contributed by atoms with Gasteiger partial charge in [0.15, 0.2) is 5.78 Å². The van der Waals surface area contributed by atoms with Gasteiger partial charge in [-0.2, -0.15) is 0 Å². The van der Waals surface area contributed by atoms with E-state index in [9.17, 15) is 9.59 Å². The number of Topliss-reactive ketones (excluding diaryl/α,β-unsaturated/α-hetero) is 1. The summed E-state index contributed by atoms with van der Waals surface area (Å²) >= 11 is 0. The maximum Gasteiger partial charge on any atom is 0.228 e. The SMILES string of the molecule is CC(C)C(=O)CNC(=O)C1COC1. The molecule has 1 saturated heterocycles. The molecule has 13 heavy (non-hydrogen) atoms. The normalized spacial score (nSPS) is 16.8. The Morgan fingerprint density at radius 3 is 2.46 bits per heavy atom. The van der Waals surface area contributed by atoms with E-state index < -0.39 is 0 Å². The summed E-state index contributed by atoms with van der Waals surface area (Å²) in [6.45, 7) is 4.76. The first-order chi connectivity index (χ1) is 6.11. The quantitative estimate of drug-likeness (QED) is 0.669. The molecule has 0 aromatic rings. The first-order valence-electron chi connectivity index (χ1n) is 4.49. The van der Waals surface area contributed by atoms with Crippen LogP contribution in [0.4, 0.5) is 0 Å². The van der Waals surface area contributed by atoms with Crippen LogP contribution >= 0.6 is 0 Å². The highest BCUT2D eigenvalue weighted by molar-refractivity contribution is 5.88. The van der Waals surface area contributed by atoms with Gasteiger partial charge in [-0.15, -0.1) is 0 Å². The monoisotopic (exact) mass is 185 g/mol. The van der Waals surface area contributed by atoms with Crippen molar-refractivity contribution in [2.24, 2.45) is 11.8 Å². The Morgan fingerprint density at radius 2 is 2.08 bits per heavy atom. The van der Waals surface area contributed by atoms with Crippen molar-refractivity contribution in [1.29, 1.82) is 0 Å². The lowest BCUT2D eigenvalue weighted by molar-refractivity contribution is -0.140. The molecule has 1 heterocycles. The molecule has 4 heteroatoms. The lowest BCUT2D eigenvalue weighted by atomic mass is 10.1. The van der Waals surface area contributed by atoms with Gasteiger partial charge in [0.25, 0.3) is 0 Å². The number of carbonyl (C=O) groups excluding carboxylic acids is 2. The maximum atomic E-state index is 11.2. The Morgan fingerprint density at radius 1 is 1.46 bits per heavy atom. The molecule has 0 unspecified atom stereocenters. The minimum atomic E-state index is -0.0692. The van der Waals surface area contributed by atoms with Gasteiger partial charge >= 0.3 is 0 Å². The first-order valence-corrected chi connectivity index (χ1v) is 4.49. The number of carbonyl (C=O) groups is 2. The number of nitrogens with one attached hydrogen (secondary N) is 1. The smallest absolute Gasteiger partial charge is 0.228 e. The van der Waals surface area contributed by atoms with Gasteiger partial charge in [0.1, 0.15) is 0 Å². The maximum absolute atomic E-state index is 11.2. The molecular weight excluding hydrogens is 170 g/mol. The van der Waals surface area contributed by atoms with E-state index in [0.29, 0.717) is 13.2 Å². The summed E-state index contributed by atoms with van der Waals surface area (Å²) in [4.78, 5) is 22.3. The zero-order chi connectivity index (χ0) is 9.84. The van der Waals surface area contributed by atoms with Crippen molar-refractivity contribution in [3.05, 3.63) is 0 Å². The van der Waals surface area contributed by atoms with E-state index in [1.54, 1.807) is 0 Å². The van der Waals surface area contributed by atoms with Crippen LogP contribution in [0.1, 0.15) is 13.8 Å². The Hall–Kier alpha value is -0.900. The van der Waals surface area contributed by atoms with Gasteiger partial charge < -0.3 is 10.1 Å². The van der Waals surface area contributed by atoms with Gasteiger partial charge in [0.2, 0.25) is 5.91 Å². The molecule has 0 saturated carbocycles. The average Bonchev–Trinajstić information content (AvgIpc) is 1.96. The summed E-state index contributed by atoms with van der Waals surface area (Å²) < 4.78 is 4.86. The Balaban J connectivity index is 2.17. The van der Waals surface area contributed by atoms with E-state index in [2.05, 4.69) is 5.32 Å². The minimum Gasteiger partial charge on any atom is -0.380 e. The second kappa shape index (κ2) is 4.37. The Labute approximate surface area is 77.6 Å². The van der Waals surface area contributed by atoms with E-state index in [1.807, 2.05) is 13.8 Å². The molecule has 4 nitrogen and oxygen atoms in total. The molecule has 1 N–H and O–H groups in total. The second-order valence-corrected chi connectivity index (χ2v) is 3.57. The Bertz CT molecular complexity index is 209. The topological polar surface area (TPSA) is 55.4 Å². The third kappa shape index (κ3) is 2.81. The summed E-state index contributed by atoms with van der Waals surface area (Å²) in [5.74, 6) is -0.0632. The number of hydrogen-bond donors (Lipinski definition) is 1. The largest absolute Gasteiger partial charge is 0.380 e. The molecular formula is C9H15NO3. The van der Waals surface area contributed by atoms with Gasteiger partial charge in [0.05, 0.1) is 25.7 Å². The molecule has 0 spiro atoms. The van der Waals surface area contributed by atoms with Gasteiger partial charge in [0, 0.05) is 5.92 Å². The fourth-order valence-corrected chi connectivity index (χ4v) is 0.910. The lowest BCUT2D eigenvalue weighted by Gasteiger charge is -2.24. The zero-order valence-electron chi connectivity index (χ0n) is 8.00. The number of amides is 1. The van der Waals surface area contributed by atoms with Crippen molar-refractivity contribution in [3.8, 4) is 0 Å². The molecule has 0 bridgehead atoms. The highest BCUT2D eigenvalue weighted by Gasteiger charge is 2.26. The van der Waals surface area contributed by atoms with Crippen molar-refractivity contribution >= 4 is 11.7 Å². The third-order valence-corrected chi connectivity index (χ3v) is 2.09. The van der Waals surface area contributed by atoms with E-state index in [1.165, 1.54) is 0 Å². The lowest BCUT2D eigenvalue weighted by Crippen LogP contribution is -2.44. The van der Waals surface area contributed by atoms with Gasteiger partial charge in [-0.3, -0.25) is 9.59 Å². The minimum absolute atomic E-state index is 0.0158. The van der Waals surface area contributed by atoms with Crippen molar-refractivity contribution < 1.29 is 14.3 Å². The fourth-order valence-electron chi connectivity index (χ4n) is 0.910. The number of hydrogen-bond acceptors (Lipinski definition) is 3. The van der Waals surface area contributed by atoms with Crippen LogP contribution in [0.2, 0.25) is 0 Å². The molecule has 1 aliphatic rings. The van der Waals surface area contributed by atoms with Gasteiger partial charge in [-0.05, 0) is 0 Å². The van der Waals surface area contributed by atoms with Crippen LogP contribution in [0, 0.1) is 11.8 Å². The molecule has 1 rings (SSSR count). The van der Waals surface area contributed by atoms with Crippen LogP contribution in [-0.4, -0.2) is 31.4 Å². The van der Waals surface area contributed by atoms with Crippen molar-refractivity contribution in [2.75, 3.05) is 19.8 Å². The molecule has 0 atom stereocenters. The first kappa shape index (κ1) is 10.2. The number of rotatable bonds is 4. The molecule has 0 radical (unpaired) electrons. The molecule has 1 aliphatic heterocycles. The van der Waals surface area contributed by atoms with E-state index in [0.717, 1.165) is 0 Å². The van der Waals surface area contributed by atoms with E-state index in [-0.39, 0.29) is 30.1 Å². The van der Waals surface area contributed by atoms with Crippen LogP contribution in [0.25, 0.3) is 0 Å². The van der Waals surface area contributed by atoms with E-state index >= 15 is 0 Å². The molecule has 0 aliphatic carbocycles. The summed E-state index contributed by atoms with van der Waals surface area (Å²) in [6.07, 6.45) is 0. The standard InChI is InChI=1S/C9H15NO3/c1-6(2)8(11)3-10-9(12)7-4-13-5-7/h6-7H,3-5H2,1-2H3,(H,10,12). The van der Waals surface area contributed by atoms with Gasteiger partial charge in [-0.25, -0.2) is 0 Å². The summed E-state index contributed by atoms with van der Waals surface area (Å²) in [5.41, 5.74) is 0. The van der Waals surface area contributed by atoms with Crippen LogP contribution in [0.3, 0.4) is 0 Å². The van der Waals surface area contributed by atoms with E-state index in [4.69, 9.17) is 4.74 Å². The van der Waals surface area contributed by atoms with Crippen molar-refractivity contribution in [3.63, 3.8) is 0 Å². The highest BCUT2D eigenvalue weighted by Crippen LogP contribution is 2.09. The fraction of sp³-hybridized carbons (Fsp3) is 0.778. The third-order valence-electron chi connectivity index (χ3n) is 2.09. The summed E-state index contributed by atoms with van der Waals surface area (Å²) in [5, 5.41) is 2.60. The van der Waals surface area contributed by atoms with Gasteiger partial charge in [-0.1, -0.05) is 13.8 Å². The molecule has 74 valence electrons. The van der Waals surface area contributed by atoms with Crippen molar-refractivity contribution in [1.82, 2.24) is 5.32 Å². The van der Waals surface area contributed by atoms with Crippen LogP contribution in [-0.2, 0) is 14.3 Å². The predicted molar refractivity (Wildman–Crippen MR) is 47.2 cm³/mol. The molecule has 1 amide bonds. The number of ether oxygens (including phenoxy) is 1. The van der Waals surface area contributed by atoms with Crippen LogP contribution < -0.4 is 5.32 Å². The summed E-state index contributed by atoms with van der Waals surface area (Å²) in [6, 6.07) is 0. The van der Waals surface area contributed by atoms with Crippen LogP contribution in [0.15, 0.2) is 0 Å². The molecule has 0 aromatic heterocycles. The van der Waals surface area contributed by atoms with Crippen molar-refractivity contribution in [2.45, 2.75) is 13.8 Å². The highest BCUT2D eigenvalue weighted by atomic mass is 16.5. The number of ketones is 1. The zero-order valence-corrected chi connectivity index (χ0v) is 8.00. The average molecular weight is 185 g/mol. The Kier molecular flexibility index (Phi) is 3.42. The molecule has 0 aromatic carbocycles. The summed E-state index contributed by atoms with van der Waals surface area (Å²) in [7, 11) is 0. The van der Waals surface area contributed by atoms with Crippen LogP contribution in [0.5, 0.6) is 0 Å². The molecule has 1 fully saturated rings. The predicted octanol–water partition coefficient (Wildman–Crippen LogP) is -0.0259. The second-order valence-electron chi connectivity index (χ2n) is 3.57.